The van der Waals surface area contributed by atoms with Crippen molar-refractivity contribution in [1.29, 1.82) is 0 Å². The second kappa shape index (κ2) is 16.9. The molecule has 300 valence electrons. The van der Waals surface area contributed by atoms with Gasteiger partial charge in [-0.25, -0.2) is 17.6 Å². The fourth-order valence-corrected chi connectivity index (χ4v) is 9.85. The van der Waals surface area contributed by atoms with Gasteiger partial charge in [0, 0.05) is 43.2 Å². The van der Waals surface area contributed by atoms with Gasteiger partial charge in [0.2, 0.25) is 11.8 Å². The van der Waals surface area contributed by atoms with Crippen LogP contribution in [-0.2, 0) is 51.6 Å². The number of nitrogens with one attached hydrogen (secondary N) is 1. The van der Waals surface area contributed by atoms with Crippen LogP contribution >= 0.6 is 0 Å². The zero-order valence-corrected chi connectivity index (χ0v) is 31.8. The molecule has 3 amide bonds. The Hall–Kier alpha value is -4.18. The number of halogens is 1. The number of carbonyl (C=O) groups excluding carboxylic acids is 5. The molecule has 3 aliphatic heterocycles. The van der Waals surface area contributed by atoms with Gasteiger partial charge in [-0.2, -0.15) is 0 Å². The molecule has 0 radical (unpaired) electrons. The van der Waals surface area contributed by atoms with Crippen LogP contribution in [0.1, 0.15) is 101 Å². The molecule has 0 unspecified atom stereocenters. The fraction of sp³-hybridized carbons (Fsp3) is 0.641. The number of nitrogens with zero attached hydrogens (tertiary/aromatic N) is 2. The van der Waals surface area contributed by atoms with E-state index in [9.17, 15) is 41.6 Å². The van der Waals surface area contributed by atoms with Crippen molar-refractivity contribution in [2.45, 2.75) is 132 Å². The molecule has 1 aromatic rings. The molecule has 16 heteroatoms. The molecule has 3 fully saturated rings. The normalized spacial score (nSPS) is 28.5. The number of ether oxygens (including phenoxy) is 1. The molecule has 14 nitrogen and oxygen atoms in total. The Bertz CT molecular complexity index is 1830. The van der Waals surface area contributed by atoms with Gasteiger partial charge in [-0.05, 0) is 56.6 Å². The summed E-state index contributed by atoms with van der Waals surface area (Å²) in [4.78, 5) is 83.1. The van der Waals surface area contributed by atoms with Crippen molar-refractivity contribution >= 4 is 45.3 Å². The summed E-state index contributed by atoms with van der Waals surface area (Å²) in [5.41, 5.74) is 5.58. The van der Waals surface area contributed by atoms with Gasteiger partial charge in [-0.15, -0.1) is 0 Å². The number of fused-ring (bicyclic) bond motifs is 3. The van der Waals surface area contributed by atoms with E-state index in [2.05, 4.69) is 5.32 Å². The van der Waals surface area contributed by atoms with Gasteiger partial charge in [0.25, 0.3) is 0 Å². The van der Waals surface area contributed by atoms with Crippen LogP contribution in [0.25, 0.3) is 0 Å². The summed E-state index contributed by atoms with van der Waals surface area (Å²) in [6, 6.07) is 2.24. The standard InChI is InChI=1S/C39H51FN4O10S/c40-30-12-8-10-25-20-43(22-29(25)30)38(51)54-27-18-32-36(49)42-39(34(46)23-55(52,53)28-13-14-28)19-26(39)11-7-5-3-1-2-4-6-9-24(37(50)44(32)21-27)17-33(45)31(41)15-16-35(47)48/h7-8,10-12,24,26-28,31-32H,1-6,9,13-23,41H2,(H,42,49)(H,47,48)/b11-7-/t24-,26-,27-,31-,32+,39-/m1/s1. The van der Waals surface area contributed by atoms with E-state index in [1.54, 1.807) is 12.1 Å². The molecule has 6 atom stereocenters. The number of aliphatic carboxylic acids is 1. The minimum atomic E-state index is -3.70. The Morgan fingerprint density at radius 1 is 1.05 bits per heavy atom. The predicted octanol–water partition coefficient (Wildman–Crippen LogP) is 3.34. The molecular weight excluding hydrogens is 736 g/mol. The number of rotatable bonds is 11. The van der Waals surface area contributed by atoms with Crippen LogP contribution < -0.4 is 11.1 Å². The predicted molar refractivity (Wildman–Crippen MR) is 196 cm³/mol. The summed E-state index contributed by atoms with van der Waals surface area (Å²) in [5.74, 6) is -5.95. The lowest BCUT2D eigenvalue weighted by atomic mass is 9.90. The van der Waals surface area contributed by atoms with Crippen molar-refractivity contribution in [3.8, 4) is 0 Å². The zero-order valence-electron chi connectivity index (χ0n) is 31.0. The van der Waals surface area contributed by atoms with Gasteiger partial charge in [-0.3, -0.25) is 28.9 Å². The highest BCUT2D eigenvalue weighted by Gasteiger charge is 2.61. The number of carbonyl (C=O) groups is 6. The van der Waals surface area contributed by atoms with Gasteiger partial charge >= 0.3 is 12.1 Å². The van der Waals surface area contributed by atoms with Gasteiger partial charge in [0.1, 0.15) is 35.0 Å². The van der Waals surface area contributed by atoms with Crippen molar-refractivity contribution in [2.24, 2.45) is 17.6 Å². The third kappa shape index (κ3) is 9.62. The SMILES string of the molecule is N[C@H](CCC(=O)O)C(=O)C[C@H]1CCCCCCC/C=C\[C@@H]2C[C@@]2(C(=O)CS(=O)(=O)C2CC2)NC(=O)[C@@H]2C[C@@H](OC(=O)N3Cc4cccc(F)c4C3)CN2C1=O. The Morgan fingerprint density at radius 3 is 2.53 bits per heavy atom. The molecule has 1 aromatic carbocycles. The minimum absolute atomic E-state index is 0.0181. The third-order valence-corrected chi connectivity index (χ3v) is 13.8. The third-order valence-electron chi connectivity index (χ3n) is 11.7. The van der Waals surface area contributed by atoms with Gasteiger partial charge < -0.3 is 25.8 Å². The average molecular weight is 787 g/mol. The van der Waals surface area contributed by atoms with E-state index in [1.807, 2.05) is 12.2 Å². The molecule has 2 saturated carbocycles. The first-order valence-electron chi connectivity index (χ1n) is 19.4. The van der Waals surface area contributed by atoms with Gasteiger partial charge in [0.15, 0.2) is 15.6 Å². The molecule has 0 spiro atoms. The first-order valence-corrected chi connectivity index (χ1v) is 21.2. The zero-order chi connectivity index (χ0) is 39.5. The summed E-state index contributed by atoms with van der Waals surface area (Å²) >= 11 is 0. The number of benzene rings is 1. The Labute approximate surface area is 320 Å². The Kier molecular flexibility index (Phi) is 12.4. The van der Waals surface area contributed by atoms with E-state index in [-0.39, 0.29) is 51.7 Å². The number of ketones is 2. The topological polar surface area (TPSA) is 211 Å². The van der Waals surface area contributed by atoms with Crippen LogP contribution in [0.2, 0.25) is 0 Å². The maximum atomic E-state index is 14.5. The highest BCUT2D eigenvalue weighted by atomic mass is 32.2. The summed E-state index contributed by atoms with van der Waals surface area (Å²) in [6.45, 7) is -0.107. The molecule has 2 aliphatic carbocycles. The van der Waals surface area contributed by atoms with E-state index in [4.69, 9.17) is 15.6 Å². The number of sulfone groups is 1. The maximum absolute atomic E-state index is 14.5. The number of carboxylic acids is 1. The number of hydrogen-bond acceptors (Lipinski definition) is 10. The summed E-state index contributed by atoms with van der Waals surface area (Å²) in [6.07, 6.45) is 7.50. The van der Waals surface area contributed by atoms with E-state index in [1.165, 1.54) is 15.9 Å². The van der Waals surface area contributed by atoms with Gasteiger partial charge in [-0.1, -0.05) is 50.0 Å². The summed E-state index contributed by atoms with van der Waals surface area (Å²) in [5, 5.41) is 11.4. The average Bonchev–Trinajstić information content (AvgIpc) is 4.02. The maximum Gasteiger partial charge on any atom is 0.410 e. The molecule has 3 heterocycles. The smallest absolute Gasteiger partial charge is 0.410 e. The second-order valence-electron chi connectivity index (χ2n) is 15.9. The first kappa shape index (κ1) is 40.5. The summed E-state index contributed by atoms with van der Waals surface area (Å²) < 4.78 is 46.2. The minimum Gasteiger partial charge on any atom is -0.481 e. The van der Waals surface area contributed by atoms with Crippen LogP contribution in [0.3, 0.4) is 0 Å². The molecule has 55 heavy (non-hydrogen) atoms. The second-order valence-corrected chi connectivity index (χ2v) is 18.1. The van der Waals surface area contributed by atoms with Crippen LogP contribution in [-0.4, -0.2) is 100 Å². The molecule has 4 N–H and O–H groups in total. The van der Waals surface area contributed by atoms with Crippen molar-refractivity contribution in [3.63, 3.8) is 0 Å². The largest absolute Gasteiger partial charge is 0.481 e. The number of allylic oxidation sites excluding steroid dienone is 1. The number of amides is 3. The van der Waals surface area contributed by atoms with Crippen molar-refractivity contribution in [1.82, 2.24) is 15.1 Å². The monoisotopic (exact) mass is 786 g/mol. The van der Waals surface area contributed by atoms with E-state index in [0.29, 0.717) is 36.8 Å². The molecule has 0 aromatic heterocycles. The molecule has 0 bridgehead atoms. The number of Topliss-reactive ketones (excluding diaryl/α,β-unsaturated/α-hetero) is 2. The van der Waals surface area contributed by atoms with E-state index < -0.39 is 97.7 Å². The molecule has 5 aliphatic rings. The number of nitrogens with two attached hydrogens (primary N) is 1. The fourth-order valence-electron chi connectivity index (χ4n) is 8.14. The molecular formula is C39H51FN4O10S. The lowest BCUT2D eigenvalue weighted by molar-refractivity contribution is -0.144. The van der Waals surface area contributed by atoms with Crippen LogP contribution in [0, 0.1) is 17.7 Å². The van der Waals surface area contributed by atoms with Crippen molar-refractivity contribution in [2.75, 3.05) is 12.3 Å². The Morgan fingerprint density at radius 2 is 1.80 bits per heavy atom. The Balaban J connectivity index is 1.25. The number of carboxylic acid groups (broad SMARTS) is 1. The van der Waals surface area contributed by atoms with Crippen LogP contribution in [0.4, 0.5) is 9.18 Å². The highest BCUT2D eigenvalue weighted by molar-refractivity contribution is 7.93. The van der Waals surface area contributed by atoms with Gasteiger partial charge in [0.05, 0.1) is 24.4 Å². The van der Waals surface area contributed by atoms with E-state index >= 15 is 0 Å². The first-order chi connectivity index (χ1) is 26.2. The van der Waals surface area contributed by atoms with Crippen LogP contribution in [0.5, 0.6) is 0 Å². The van der Waals surface area contributed by atoms with Crippen molar-refractivity contribution in [3.05, 3.63) is 47.3 Å². The van der Waals surface area contributed by atoms with E-state index in [0.717, 1.165) is 32.1 Å². The van der Waals surface area contributed by atoms with Crippen LogP contribution in [0.15, 0.2) is 30.4 Å². The quantitative estimate of drug-likeness (QED) is 0.277. The van der Waals surface area contributed by atoms with Crippen molar-refractivity contribution < 1.29 is 51.4 Å². The lowest BCUT2D eigenvalue weighted by Gasteiger charge is -2.30. The number of hydrogen-bond donors (Lipinski definition) is 3. The molecule has 1 saturated heterocycles. The highest BCUT2D eigenvalue weighted by Crippen LogP contribution is 2.47. The molecule has 6 rings (SSSR count). The lowest BCUT2D eigenvalue weighted by Crippen LogP contribution is -2.54. The summed E-state index contributed by atoms with van der Waals surface area (Å²) in [7, 11) is -3.70.